The number of hydrogen-bond donors (Lipinski definition) is 3. The second-order valence-corrected chi connectivity index (χ2v) is 30.9. The Bertz CT molecular complexity index is 1950. The maximum atomic E-state index is 13.1. The Labute approximate surface area is 586 Å². The molecule has 0 fully saturated rings. The fourth-order valence-electron chi connectivity index (χ4n) is 11.3. The molecule has 0 aromatic heterocycles. The summed E-state index contributed by atoms with van der Waals surface area (Å²) in [6.07, 6.45) is 59.2. The highest BCUT2D eigenvalue weighted by Gasteiger charge is 2.30. The molecule has 96 heavy (non-hydrogen) atoms. The molecule has 566 valence electrons. The maximum absolute atomic E-state index is 13.1. The zero-order valence-corrected chi connectivity index (χ0v) is 63.9. The summed E-state index contributed by atoms with van der Waals surface area (Å²) in [5, 5.41) is 10.6. The van der Waals surface area contributed by atoms with Gasteiger partial charge in [-0.15, -0.1) is 0 Å². The number of hydrogen-bond acceptors (Lipinski definition) is 15. The van der Waals surface area contributed by atoms with Crippen molar-refractivity contribution in [3.8, 4) is 0 Å². The fourth-order valence-corrected chi connectivity index (χ4v) is 12.9. The predicted octanol–water partition coefficient (Wildman–Crippen LogP) is 22.3. The van der Waals surface area contributed by atoms with Gasteiger partial charge in [0.15, 0.2) is 12.2 Å². The van der Waals surface area contributed by atoms with E-state index in [0.717, 1.165) is 115 Å². The number of aliphatic hydroxyl groups is 1. The molecule has 0 bridgehead atoms. The Morgan fingerprint density at radius 2 is 0.562 bits per heavy atom. The van der Waals surface area contributed by atoms with Crippen molar-refractivity contribution in [3.63, 3.8) is 0 Å². The highest BCUT2D eigenvalue weighted by molar-refractivity contribution is 7.47. The number of phosphoric acid groups is 2. The van der Waals surface area contributed by atoms with Crippen LogP contribution in [0.1, 0.15) is 375 Å². The van der Waals surface area contributed by atoms with Crippen molar-refractivity contribution in [2.75, 3.05) is 39.6 Å². The molecule has 0 aliphatic heterocycles. The second-order valence-electron chi connectivity index (χ2n) is 28.0. The van der Waals surface area contributed by atoms with E-state index in [1.807, 2.05) is 0 Å². The van der Waals surface area contributed by atoms with Crippen LogP contribution in [0.3, 0.4) is 0 Å². The first kappa shape index (κ1) is 93.5. The molecule has 0 radical (unpaired) electrons. The van der Waals surface area contributed by atoms with E-state index in [1.54, 1.807) is 0 Å². The number of rotatable bonds is 74. The van der Waals surface area contributed by atoms with Gasteiger partial charge in [-0.3, -0.25) is 37.3 Å². The Kier molecular flexibility index (Phi) is 66.6. The summed E-state index contributed by atoms with van der Waals surface area (Å²) in [6.45, 7) is 9.51. The summed E-state index contributed by atoms with van der Waals surface area (Å²) in [5.41, 5.74) is 0. The van der Waals surface area contributed by atoms with Crippen LogP contribution in [0.25, 0.3) is 0 Å². The number of carbonyl (C=O) groups is 4. The molecule has 17 nitrogen and oxygen atoms in total. The SMILES string of the molecule is CCCCCC/C=C\C=C/CCCCCCCC(=O)OC[C@H](COP(=O)(O)OC[C@@H](O)COP(=O)(O)OC[C@@H](COC(=O)CCCCCCCCCCC)OC(=O)CCCCCCCCCCC(C)C)OC(=O)CCCCCCCCCCCCCCCCCCCCC(C)C. The first-order valence-corrected chi connectivity index (χ1v) is 42.3. The molecule has 0 saturated heterocycles. The lowest BCUT2D eigenvalue weighted by Gasteiger charge is -2.21. The first-order chi connectivity index (χ1) is 46.4. The van der Waals surface area contributed by atoms with Gasteiger partial charge in [0.1, 0.15) is 19.3 Å². The average molecular weight is 1410 g/mol. The van der Waals surface area contributed by atoms with Gasteiger partial charge in [0.05, 0.1) is 26.4 Å². The minimum Gasteiger partial charge on any atom is -0.462 e. The average Bonchev–Trinajstić information content (AvgIpc) is 1.84. The fraction of sp³-hybridized carbons (Fsp3) is 0.896. The summed E-state index contributed by atoms with van der Waals surface area (Å²) < 4.78 is 68.4. The number of ether oxygens (including phenoxy) is 4. The van der Waals surface area contributed by atoms with Crippen molar-refractivity contribution >= 4 is 39.5 Å². The Morgan fingerprint density at radius 1 is 0.323 bits per heavy atom. The number of phosphoric ester groups is 2. The van der Waals surface area contributed by atoms with Gasteiger partial charge in [0.25, 0.3) is 0 Å². The van der Waals surface area contributed by atoms with Gasteiger partial charge >= 0.3 is 39.5 Å². The molecule has 0 amide bonds. The molecular weight excluding hydrogens is 1260 g/mol. The van der Waals surface area contributed by atoms with Gasteiger partial charge in [-0.05, 0) is 63.2 Å². The smallest absolute Gasteiger partial charge is 0.462 e. The molecule has 0 aromatic rings. The Hall–Kier alpha value is -2.46. The lowest BCUT2D eigenvalue weighted by molar-refractivity contribution is -0.161. The molecule has 0 aliphatic carbocycles. The monoisotopic (exact) mass is 1410 g/mol. The molecule has 0 rings (SSSR count). The third-order valence-electron chi connectivity index (χ3n) is 17.3. The Balaban J connectivity index is 5.23. The van der Waals surface area contributed by atoms with E-state index in [-0.39, 0.29) is 25.7 Å². The van der Waals surface area contributed by atoms with Crippen molar-refractivity contribution in [2.24, 2.45) is 11.8 Å². The van der Waals surface area contributed by atoms with E-state index in [1.165, 1.54) is 173 Å². The first-order valence-electron chi connectivity index (χ1n) is 39.3. The van der Waals surface area contributed by atoms with Crippen molar-refractivity contribution in [1.29, 1.82) is 0 Å². The van der Waals surface area contributed by atoms with Gasteiger partial charge in [-0.2, -0.15) is 0 Å². The topological polar surface area (TPSA) is 237 Å². The van der Waals surface area contributed by atoms with Crippen LogP contribution in [0.5, 0.6) is 0 Å². The summed E-state index contributed by atoms with van der Waals surface area (Å²) in [5.74, 6) is -0.613. The molecule has 0 heterocycles. The maximum Gasteiger partial charge on any atom is 0.472 e. The van der Waals surface area contributed by atoms with Crippen molar-refractivity contribution in [2.45, 2.75) is 394 Å². The number of allylic oxidation sites excluding steroid dienone is 4. The lowest BCUT2D eigenvalue weighted by atomic mass is 10.0. The standard InChI is InChI=1S/C77H146O17P2/c1-7-9-11-13-15-17-18-19-24-28-31-35-42-48-54-60-75(80)88-66-72(93-76(81)61-55-49-43-36-32-29-26-23-21-20-22-25-27-30-34-39-45-51-57-69(3)4)67-91-95(83,84)89-63-71(78)64-90-96(85,86)92-68-73(65-87-74(79)59-53-47-41-33-16-14-12-10-8-2)94-77(82)62-56-50-44-38-37-40-46-52-58-70(5)6/h17-19,24,69-73,78H,7-16,20-23,25-68H2,1-6H3,(H,83,84)(H,85,86)/b18-17-,24-19-/t71-,72-,73-/m1/s1. The van der Waals surface area contributed by atoms with Gasteiger partial charge in [0, 0.05) is 25.7 Å². The van der Waals surface area contributed by atoms with Crippen LogP contribution in [-0.2, 0) is 65.4 Å². The van der Waals surface area contributed by atoms with Gasteiger partial charge < -0.3 is 33.8 Å². The van der Waals surface area contributed by atoms with Gasteiger partial charge in [-0.25, -0.2) is 9.13 Å². The zero-order chi connectivity index (χ0) is 70.7. The van der Waals surface area contributed by atoms with Crippen LogP contribution in [0.4, 0.5) is 0 Å². The van der Waals surface area contributed by atoms with Crippen molar-refractivity contribution < 1.29 is 80.2 Å². The molecule has 19 heteroatoms. The third-order valence-corrected chi connectivity index (χ3v) is 19.2. The molecule has 0 aromatic carbocycles. The van der Waals surface area contributed by atoms with E-state index in [0.29, 0.717) is 31.6 Å². The highest BCUT2D eigenvalue weighted by Crippen LogP contribution is 2.45. The number of unbranched alkanes of at least 4 members (excludes halogenated alkanes) is 41. The third kappa shape index (κ3) is 70.0. The van der Waals surface area contributed by atoms with E-state index < -0.39 is 97.5 Å². The summed E-state index contributed by atoms with van der Waals surface area (Å²) >= 11 is 0. The highest BCUT2D eigenvalue weighted by atomic mass is 31.2. The number of carbonyl (C=O) groups excluding carboxylic acids is 4. The number of esters is 4. The predicted molar refractivity (Wildman–Crippen MR) is 391 cm³/mol. The molecular formula is C77H146O17P2. The van der Waals surface area contributed by atoms with Crippen LogP contribution in [0, 0.1) is 11.8 Å². The molecule has 0 saturated carbocycles. The number of aliphatic hydroxyl groups excluding tert-OH is 1. The Morgan fingerprint density at radius 3 is 0.854 bits per heavy atom. The van der Waals surface area contributed by atoms with Gasteiger partial charge in [-0.1, -0.05) is 323 Å². The minimum absolute atomic E-state index is 0.101. The van der Waals surface area contributed by atoms with E-state index in [2.05, 4.69) is 65.8 Å². The van der Waals surface area contributed by atoms with Crippen LogP contribution < -0.4 is 0 Å². The quantitative estimate of drug-likeness (QED) is 0.0169. The van der Waals surface area contributed by atoms with E-state index in [9.17, 15) is 43.2 Å². The van der Waals surface area contributed by atoms with Crippen LogP contribution in [-0.4, -0.2) is 96.7 Å². The lowest BCUT2D eigenvalue weighted by Crippen LogP contribution is -2.30. The molecule has 0 spiro atoms. The molecule has 5 atom stereocenters. The van der Waals surface area contributed by atoms with E-state index >= 15 is 0 Å². The van der Waals surface area contributed by atoms with E-state index in [4.69, 9.17) is 37.0 Å². The van der Waals surface area contributed by atoms with Crippen LogP contribution >= 0.6 is 15.6 Å². The van der Waals surface area contributed by atoms with Crippen LogP contribution in [0.2, 0.25) is 0 Å². The summed E-state index contributed by atoms with van der Waals surface area (Å²) in [7, 11) is -9.92. The molecule has 0 aliphatic rings. The molecule has 2 unspecified atom stereocenters. The van der Waals surface area contributed by atoms with Crippen molar-refractivity contribution in [3.05, 3.63) is 24.3 Å². The molecule has 3 N–H and O–H groups in total. The normalized spacial score (nSPS) is 14.2. The largest absolute Gasteiger partial charge is 0.472 e. The zero-order valence-electron chi connectivity index (χ0n) is 62.2. The summed E-state index contributed by atoms with van der Waals surface area (Å²) in [6, 6.07) is 0. The summed E-state index contributed by atoms with van der Waals surface area (Å²) in [4.78, 5) is 72.7. The van der Waals surface area contributed by atoms with Crippen molar-refractivity contribution in [1.82, 2.24) is 0 Å². The van der Waals surface area contributed by atoms with Crippen LogP contribution in [0.15, 0.2) is 24.3 Å². The second kappa shape index (κ2) is 68.3. The van der Waals surface area contributed by atoms with Gasteiger partial charge in [0.2, 0.25) is 0 Å². The minimum atomic E-state index is -4.97.